The van der Waals surface area contributed by atoms with E-state index in [2.05, 4.69) is 77.2 Å². The summed E-state index contributed by atoms with van der Waals surface area (Å²) in [6, 6.07) is 14.0. The van der Waals surface area contributed by atoms with Crippen molar-refractivity contribution in [2.24, 2.45) is 0 Å². The van der Waals surface area contributed by atoms with Gasteiger partial charge < -0.3 is 0 Å². The Labute approximate surface area is 118 Å². The Morgan fingerprint density at radius 3 is 1.74 bits per heavy atom. The lowest BCUT2D eigenvalue weighted by atomic mass is 10.1. The normalized spacial score (nSPS) is 11.7. The van der Waals surface area contributed by atoms with Crippen molar-refractivity contribution in [1.29, 1.82) is 0 Å². The molecular weight excluding hydrogens is 244 g/mol. The van der Waals surface area contributed by atoms with E-state index in [0.29, 0.717) is 0 Å². The summed E-state index contributed by atoms with van der Waals surface area (Å²) in [7, 11) is -1.57. The Hall–Kier alpha value is -1.34. The van der Waals surface area contributed by atoms with E-state index < -0.39 is 8.07 Å². The van der Waals surface area contributed by atoms with Gasteiger partial charge in [-0.2, -0.15) is 0 Å². The molecule has 2 rings (SSSR count). The minimum absolute atomic E-state index is 1.37. The Kier molecular flexibility index (Phi) is 3.68. The molecule has 0 spiro atoms. The van der Waals surface area contributed by atoms with Gasteiger partial charge in [-0.1, -0.05) is 71.0 Å². The molecule has 0 aromatic heterocycles. The minimum Gasteiger partial charge on any atom is -0.0623 e. The van der Waals surface area contributed by atoms with Crippen LogP contribution in [0.5, 0.6) is 0 Å². The van der Waals surface area contributed by atoms with Gasteiger partial charge in [0.25, 0.3) is 0 Å². The second-order valence-corrected chi connectivity index (χ2v) is 10.7. The fourth-order valence-corrected chi connectivity index (χ4v) is 5.22. The van der Waals surface area contributed by atoms with E-state index in [-0.39, 0.29) is 0 Å². The molecule has 0 aliphatic rings. The molecule has 0 bridgehead atoms. The van der Waals surface area contributed by atoms with Crippen molar-refractivity contribution >= 4 is 18.4 Å². The molecule has 0 heterocycles. The van der Waals surface area contributed by atoms with Crippen molar-refractivity contribution in [1.82, 2.24) is 0 Å². The molecule has 0 aliphatic carbocycles. The van der Waals surface area contributed by atoms with Gasteiger partial charge in [0, 0.05) is 0 Å². The van der Waals surface area contributed by atoms with Crippen molar-refractivity contribution in [2.45, 2.75) is 40.8 Å². The number of hydrogen-bond donors (Lipinski definition) is 0. The zero-order valence-electron chi connectivity index (χ0n) is 13.0. The molecule has 0 fully saturated rings. The first kappa shape index (κ1) is 14.1. The highest BCUT2D eigenvalue weighted by atomic mass is 28.3. The molecule has 0 nitrogen and oxygen atoms in total. The molecule has 0 atom stereocenters. The van der Waals surface area contributed by atoms with Crippen LogP contribution in [0.15, 0.2) is 36.4 Å². The largest absolute Gasteiger partial charge is 0.112 e. The average Bonchev–Trinajstić information content (AvgIpc) is 2.31. The van der Waals surface area contributed by atoms with E-state index in [1.54, 1.807) is 0 Å². The van der Waals surface area contributed by atoms with Gasteiger partial charge in [0.15, 0.2) is 0 Å². The van der Waals surface area contributed by atoms with Crippen LogP contribution in [0.25, 0.3) is 0 Å². The van der Waals surface area contributed by atoms with E-state index >= 15 is 0 Å². The molecule has 0 radical (unpaired) electrons. The summed E-state index contributed by atoms with van der Waals surface area (Å²) in [6.07, 6.45) is 0. The standard InChI is InChI=1S/C18H24Si/c1-13-9-14(2)11-18(10-13)19(5,6)17-8-7-15(3)16(4)12-17/h7-12H,1-6H3. The topological polar surface area (TPSA) is 0 Å². The molecule has 0 saturated carbocycles. The third-order valence-electron chi connectivity index (χ3n) is 4.17. The molecule has 19 heavy (non-hydrogen) atoms. The molecule has 2 aromatic rings. The lowest BCUT2D eigenvalue weighted by Gasteiger charge is -2.25. The van der Waals surface area contributed by atoms with E-state index in [1.165, 1.54) is 32.6 Å². The van der Waals surface area contributed by atoms with Crippen molar-refractivity contribution in [3.05, 3.63) is 58.7 Å². The fourth-order valence-electron chi connectivity index (χ4n) is 2.63. The van der Waals surface area contributed by atoms with Gasteiger partial charge >= 0.3 is 0 Å². The molecule has 0 unspecified atom stereocenters. The SMILES string of the molecule is Cc1cc(C)cc([Si](C)(C)c2ccc(C)c(C)c2)c1. The fraction of sp³-hybridized carbons (Fsp3) is 0.333. The van der Waals surface area contributed by atoms with Crippen molar-refractivity contribution < 1.29 is 0 Å². The summed E-state index contributed by atoms with van der Waals surface area (Å²) < 4.78 is 0. The molecule has 0 aliphatic heterocycles. The van der Waals surface area contributed by atoms with Crippen LogP contribution in [-0.4, -0.2) is 8.07 Å². The molecule has 100 valence electrons. The monoisotopic (exact) mass is 268 g/mol. The second-order valence-electron chi connectivity index (χ2n) is 6.30. The van der Waals surface area contributed by atoms with Crippen LogP contribution in [0, 0.1) is 27.7 Å². The zero-order valence-corrected chi connectivity index (χ0v) is 14.0. The van der Waals surface area contributed by atoms with Gasteiger partial charge in [-0.05, 0) is 38.8 Å². The number of hydrogen-bond acceptors (Lipinski definition) is 0. The van der Waals surface area contributed by atoms with Crippen LogP contribution in [0.3, 0.4) is 0 Å². The van der Waals surface area contributed by atoms with Gasteiger partial charge in [-0.3, -0.25) is 0 Å². The number of rotatable bonds is 2. The van der Waals surface area contributed by atoms with Crippen LogP contribution >= 0.6 is 0 Å². The van der Waals surface area contributed by atoms with Gasteiger partial charge in [0.05, 0.1) is 0 Å². The van der Waals surface area contributed by atoms with Crippen LogP contribution in [-0.2, 0) is 0 Å². The maximum absolute atomic E-state index is 2.45. The maximum Gasteiger partial charge on any atom is 0.112 e. The summed E-state index contributed by atoms with van der Waals surface area (Å²) in [5.74, 6) is 0. The van der Waals surface area contributed by atoms with Gasteiger partial charge in [0.1, 0.15) is 8.07 Å². The highest BCUT2D eigenvalue weighted by Gasteiger charge is 2.26. The number of benzene rings is 2. The predicted octanol–water partition coefficient (Wildman–Crippen LogP) is 3.74. The molecule has 0 saturated heterocycles. The summed E-state index contributed by atoms with van der Waals surface area (Å²) in [5.41, 5.74) is 5.54. The lowest BCUT2D eigenvalue weighted by molar-refractivity contribution is 1.35. The quantitative estimate of drug-likeness (QED) is 0.728. The molecule has 2 aromatic carbocycles. The zero-order chi connectivity index (χ0) is 14.2. The van der Waals surface area contributed by atoms with E-state index in [0.717, 1.165) is 0 Å². The molecule has 0 N–H and O–H groups in total. The van der Waals surface area contributed by atoms with Crippen molar-refractivity contribution in [2.75, 3.05) is 0 Å². The third-order valence-corrected chi connectivity index (χ3v) is 7.66. The summed E-state index contributed by atoms with van der Waals surface area (Å²) in [6.45, 7) is 13.7. The van der Waals surface area contributed by atoms with Gasteiger partial charge in [0.2, 0.25) is 0 Å². The van der Waals surface area contributed by atoms with Gasteiger partial charge in [-0.15, -0.1) is 0 Å². The van der Waals surface area contributed by atoms with Crippen molar-refractivity contribution in [3.8, 4) is 0 Å². The number of aryl methyl sites for hydroxylation is 4. The van der Waals surface area contributed by atoms with Crippen LogP contribution in [0.4, 0.5) is 0 Å². The highest BCUT2D eigenvalue weighted by molar-refractivity contribution is 7.00. The summed E-state index contributed by atoms with van der Waals surface area (Å²) >= 11 is 0. The predicted molar refractivity (Wildman–Crippen MR) is 88.6 cm³/mol. The van der Waals surface area contributed by atoms with Crippen molar-refractivity contribution in [3.63, 3.8) is 0 Å². The average molecular weight is 268 g/mol. The Morgan fingerprint density at radius 1 is 0.632 bits per heavy atom. The van der Waals surface area contributed by atoms with E-state index in [1.807, 2.05) is 0 Å². The van der Waals surface area contributed by atoms with E-state index in [4.69, 9.17) is 0 Å². The van der Waals surface area contributed by atoms with Crippen LogP contribution in [0.1, 0.15) is 22.3 Å². The van der Waals surface area contributed by atoms with Gasteiger partial charge in [-0.25, -0.2) is 0 Å². The molecule has 0 amide bonds. The van der Waals surface area contributed by atoms with Crippen LogP contribution < -0.4 is 10.4 Å². The second kappa shape index (κ2) is 4.97. The highest BCUT2D eigenvalue weighted by Crippen LogP contribution is 2.11. The third kappa shape index (κ3) is 2.81. The first-order chi connectivity index (χ1) is 8.80. The minimum atomic E-state index is -1.57. The maximum atomic E-state index is 2.45. The van der Waals surface area contributed by atoms with E-state index in [9.17, 15) is 0 Å². The first-order valence-corrected chi connectivity index (χ1v) is 9.97. The Morgan fingerprint density at radius 2 is 1.21 bits per heavy atom. The smallest absolute Gasteiger partial charge is 0.0623 e. The van der Waals surface area contributed by atoms with Crippen LogP contribution in [0.2, 0.25) is 13.1 Å². The summed E-state index contributed by atoms with van der Waals surface area (Å²) in [5, 5.41) is 3.06. The first-order valence-electron chi connectivity index (χ1n) is 6.97. The Balaban J connectivity index is 2.54. The molecular formula is C18H24Si. The summed E-state index contributed by atoms with van der Waals surface area (Å²) in [4.78, 5) is 0. The molecule has 1 heteroatoms. The Bertz CT molecular complexity index is 589. The lowest BCUT2D eigenvalue weighted by Crippen LogP contribution is -2.53.